The molecule has 0 spiro atoms. The zero-order valence-corrected chi connectivity index (χ0v) is 13.7. The van der Waals surface area contributed by atoms with Crippen molar-refractivity contribution in [1.29, 1.82) is 0 Å². The first-order chi connectivity index (χ1) is 10.4. The molecule has 1 aromatic rings. The molecule has 5 heteroatoms. The Morgan fingerprint density at radius 2 is 2.18 bits per heavy atom. The van der Waals surface area contributed by atoms with Gasteiger partial charge in [0.05, 0.1) is 0 Å². The topological polar surface area (TPSA) is 66.1 Å². The Morgan fingerprint density at radius 3 is 2.77 bits per heavy atom. The lowest BCUT2D eigenvalue weighted by Crippen LogP contribution is -2.29. The van der Waals surface area contributed by atoms with Crippen molar-refractivity contribution in [1.82, 2.24) is 15.1 Å². The summed E-state index contributed by atoms with van der Waals surface area (Å²) < 4.78 is 0. The third kappa shape index (κ3) is 2.94. The maximum atomic E-state index is 12.5. The van der Waals surface area contributed by atoms with Gasteiger partial charge in [0.15, 0.2) is 0 Å². The predicted octanol–water partition coefficient (Wildman–Crippen LogP) is 2.75. The number of Topliss-reactive ketones (excluding diaryl/α,β-unsaturated/α-hetero) is 1. The maximum Gasteiger partial charge on any atom is 0.274 e. The molecule has 0 radical (unpaired) electrons. The SMILES string of the molecule is CC(C)c1cc(C(=O)N2CC[C@@H](CC(=O)C3(C)CC3)C2)n[nH]1. The number of rotatable bonds is 5. The fourth-order valence-electron chi connectivity index (χ4n) is 3.06. The second kappa shape index (κ2) is 5.52. The van der Waals surface area contributed by atoms with Crippen LogP contribution < -0.4 is 0 Å². The molecule has 1 saturated carbocycles. The molecule has 2 fully saturated rings. The van der Waals surface area contributed by atoms with Crippen molar-refractivity contribution in [2.75, 3.05) is 13.1 Å². The van der Waals surface area contributed by atoms with Gasteiger partial charge in [0.1, 0.15) is 11.5 Å². The van der Waals surface area contributed by atoms with Gasteiger partial charge in [0.25, 0.3) is 5.91 Å². The molecule has 2 aliphatic rings. The van der Waals surface area contributed by atoms with Crippen LogP contribution in [0.5, 0.6) is 0 Å². The molecule has 5 nitrogen and oxygen atoms in total. The Hall–Kier alpha value is -1.65. The Balaban J connectivity index is 1.57. The number of hydrogen-bond acceptors (Lipinski definition) is 3. The number of H-pyrrole nitrogens is 1. The maximum absolute atomic E-state index is 12.5. The zero-order valence-electron chi connectivity index (χ0n) is 13.7. The number of likely N-dealkylation sites (tertiary alicyclic amines) is 1. The van der Waals surface area contributed by atoms with E-state index in [1.54, 1.807) is 0 Å². The molecule has 1 atom stereocenters. The molecule has 1 amide bonds. The van der Waals surface area contributed by atoms with Crippen LogP contribution in [0.25, 0.3) is 0 Å². The van der Waals surface area contributed by atoms with Crippen molar-refractivity contribution >= 4 is 11.7 Å². The van der Waals surface area contributed by atoms with Crippen LogP contribution in [0.2, 0.25) is 0 Å². The van der Waals surface area contributed by atoms with Crippen LogP contribution in [-0.2, 0) is 4.79 Å². The van der Waals surface area contributed by atoms with Crippen LogP contribution in [0.3, 0.4) is 0 Å². The van der Waals surface area contributed by atoms with E-state index in [0.717, 1.165) is 31.5 Å². The quantitative estimate of drug-likeness (QED) is 0.909. The highest BCUT2D eigenvalue weighted by Crippen LogP contribution is 2.47. The first kappa shape index (κ1) is 15.3. The molecule has 1 aliphatic heterocycles. The monoisotopic (exact) mass is 303 g/mol. The second-order valence-corrected chi connectivity index (χ2v) is 7.46. The van der Waals surface area contributed by atoms with Crippen LogP contribution in [0.15, 0.2) is 6.07 Å². The van der Waals surface area contributed by atoms with Crippen LogP contribution in [-0.4, -0.2) is 39.9 Å². The Bertz CT molecular complexity index is 586. The summed E-state index contributed by atoms with van der Waals surface area (Å²) in [6.07, 6.45) is 3.62. The number of aromatic amines is 1. The number of nitrogens with one attached hydrogen (secondary N) is 1. The highest BCUT2D eigenvalue weighted by atomic mass is 16.2. The summed E-state index contributed by atoms with van der Waals surface area (Å²) in [5.41, 5.74) is 1.42. The van der Waals surface area contributed by atoms with E-state index in [0.29, 0.717) is 36.3 Å². The average Bonchev–Trinajstić information content (AvgIpc) is 2.95. The van der Waals surface area contributed by atoms with E-state index in [-0.39, 0.29) is 11.3 Å². The highest BCUT2D eigenvalue weighted by Gasteiger charge is 2.45. The summed E-state index contributed by atoms with van der Waals surface area (Å²) >= 11 is 0. The largest absolute Gasteiger partial charge is 0.337 e. The van der Waals surface area contributed by atoms with Gasteiger partial charge in [-0.05, 0) is 37.2 Å². The van der Waals surface area contributed by atoms with E-state index < -0.39 is 0 Å². The smallest absolute Gasteiger partial charge is 0.274 e. The van der Waals surface area contributed by atoms with E-state index in [9.17, 15) is 9.59 Å². The van der Waals surface area contributed by atoms with Crippen molar-refractivity contribution < 1.29 is 9.59 Å². The number of hydrogen-bond donors (Lipinski definition) is 1. The molecule has 0 unspecified atom stereocenters. The lowest BCUT2D eigenvalue weighted by atomic mass is 9.93. The summed E-state index contributed by atoms with van der Waals surface area (Å²) in [5, 5.41) is 7.06. The summed E-state index contributed by atoms with van der Waals surface area (Å²) in [6, 6.07) is 1.84. The molecule has 1 saturated heterocycles. The van der Waals surface area contributed by atoms with Crippen LogP contribution in [0, 0.1) is 11.3 Å². The number of carbonyl (C=O) groups excluding carboxylic acids is 2. The van der Waals surface area contributed by atoms with Gasteiger partial charge in [-0.15, -0.1) is 0 Å². The molecule has 1 aromatic heterocycles. The zero-order chi connectivity index (χ0) is 15.9. The van der Waals surface area contributed by atoms with Gasteiger partial charge in [-0.1, -0.05) is 20.8 Å². The molecule has 1 aliphatic carbocycles. The van der Waals surface area contributed by atoms with Gasteiger partial charge < -0.3 is 4.90 Å². The van der Waals surface area contributed by atoms with Crippen molar-refractivity contribution in [3.63, 3.8) is 0 Å². The van der Waals surface area contributed by atoms with Gasteiger partial charge in [-0.2, -0.15) is 5.10 Å². The Morgan fingerprint density at radius 1 is 1.45 bits per heavy atom. The molecule has 3 rings (SSSR count). The van der Waals surface area contributed by atoms with Crippen LogP contribution >= 0.6 is 0 Å². The van der Waals surface area contributed by atoms with Gasteiger partial charge >= 0.3 is 0 Å². The molecule has 22 heavy (non-hydrogen) atoms. The lowest BCUT2D eigenvalue weighted by Gasteiger charge is -2.16. The average molecular weight is 303 g/mol. The molecular formula is C17H25N3O2. The summed E-state index contributed by atoms with van der Waals surface area (Å²) in [6.45, 7) is 7.61. The molecule has 1 N–H and O–H groups in total. The van der Waals surface area contributed by atoms with Crippen molar-refractivity contribution in [3.05, 3.63) is 17.5 Å². The number of ketones is 1. The number of aromatic nitrogens is 2. The molecule has 0 aromatic carbocycles. The van der Waals surface area contributed by atoms with E-state index in [1.807, 2.05) is 11.0 Å². The third-order valence-electron chi connectivity index (χ3n) is 5.16. The minimum Gasteiger partial charge on any atom is -0.337 e. The highest BCUT2D eigenvalue weighted by molar-refractivity contribution is 5.92. The first-order valence-corrected chi connectivity index (χ1v) is 8.27. The predicted molar refractivity (Wildman–Crippen MR) is 83.7 cm³/mol. The van der Waals surface area contributed by atoms with Gasteiger partial charge in [-0.3, -0.25) is 14.7 Å². The molecular weight excluding hydrogens is 278 g/mol. The number of carbonyl (C=O) groups is 2. The van der Waals surface area contributed by atoms with Crippen LogP contribution in [0.1, 0.15) is 68.6 Å². The fourth-order valence-corrected chi connectivity index (χ4v) is 3.06. The standard InChI is InChI=1S/C17H25N3O2/c1-11(2)13-9-14(19-18-13)16(22)20-7-4-12(10-20)8-15(21)17(3)5-6-17/h9,11-12H,4-8,10H2,1-3H3,(H,18,19)/t12-/m0/s1. The minimum atomic E-state index is -0.0498. The lowest BCUT2D eigenvalue weighted by molar-refractivity contribution is -0.124. The van der Waals surface area contributed by atoms with Crippen molar-refractivity contribution in [2.24, 2.45) is 11.3 Å². The second-order valence-electron chi connectivity index (χ2n) is 7.46. The number of amides is 1. The van der Waals surface area contributed by atoms with E-state index in [4.69, 9.17) is 0 Å². The third-order valence-corrected chi connectivity index (χ3v) is 5.16. The summed E-state index contributed by atoms with van der Waals surface area (Å²) in [7, 11) is 0. The van der Waals surface area contributed by atoms with E-state index in [1.165, 1.54) is 0 Å². The van der Waals surface area contributed by atoms with Gasteiger partial charge in [0, 0.05) is 30.6 Å². The van der Waals surface area contributed by atoms with Gasteiger partial charge in [0.2, 0.25) is 0 Å². The fraction of sp³-hybridized carbons (Fsp3) is 0.706. The van der Waals surface area contributed by atoms with E-state index >= 15 is 0 Å². The van der Waals surface area contributed by atoms with E-state index in [2.05, 4.69) is 31.0 Å². The molecule has 0 bridgehead atoms. The van der Waals surface area contributed by atoms with Gasteiger partial charge in [-0.25, -0.2) is 0 Å². The Kier molecular flexibility index (Phi) is 3.83. The van der Waals surface area contributed by atoms with Crippen molar-refractivity contribution in [3.8, 4) is 0 Å². The summed E-state index contributed by atoms with van der Waals surface area (Å²) in [5.74, 6) is 1.01. The van der Waals surface area contributed by atoms with Crippen LogP contribution in [0.4, 0.5) is 0 Å². The van der Waals surface area contributed by atoms with Crippen molar-refractivity contribution in [2.45, 2.75) is 52.4 Å². The summed E-state index contributed by atoms with van der Waals surface area (Å²) in [4.78, 5) is 26.5. The molecule has 120 valence electrons. The Labute approximate surface area is 131 Å². The normalized spacial score (nSPS) is 23.1. The first-order valence-electron chi connectivity index (χ1n) is 8.27. The molecule has 2 heterocycles. The minimum absolute atomic E-state index is 0.0178. The number of nitrogens with zero attached hydrogens (tertiary/aromatic N) is 2.